The number of hydrogen-bond acceptors (Lipinski definition) is 3. The summed E-state index contributed by atoms with van der Waals surface area (Å²) < 4.78 is 5.20. The van der Waals surface area contributed by atoms with Gasteiger partial charge in [-0.3, -0.25) is 4.90 Å². The quantitative estimate of drug-likeness (QED) is 0.769. The van der Waals surface area contributed by atoms with Gasteiger partial charge in [-0.05, 0) is 25.5 Å². The zero-order valence-electron chi connectivity index (χ0n) is 11.9. The molecule has 0 aromatic heterocycles. The van der Waals surface area contributed by atoms with Gasteiger partial charge < -0.3 is 10.5 Å². The van der Waals surface area contributed by atoms with Gasteiger partial charge in [-0.15, -0.1) is 0 Å². The van der Waals surface area contributed by atoms with Crippen molar-refractivity contribution in [2.75, 3.05) is 26.8 Å². The second kappa shape index (κ2) is 7.52. The Bertz CT molecular complexity index is 329. The van der Waals surface area contributed by atoms with E-state index in [1.165, 1.54) is 5.56 Å². The predicted molar refractivity (Wildman–Crippen MR) is 76.5 cm³/mol. The minimum absolute atomic E-state index is 0.000597. The Morgan fingerprint density at radius 1 is 1.28 bits per heavy atom. The minimum Gasteiger partial charge on any atom is -0.385 e. The molecule has 18 heavy (non-hydrogen) atoms. The highest BCUT2D eigenvalue weighted by atomic mass is 16.5. The summed E-state index contributed by atoms with van der Waals surface area (Å²) in [5.41, 5.74) is 7.31. The van der Waals surface area contributed by atoms with Crippen LogP contribution in [0.4, 0.5) is 0 Å². The monoisotopic (exact) mass is 250 g/mol. The predicted octanol–water partition coefficient (Wildman–Crippen LogP) is 2.26. The maximum Gasteiger partial charge on any atom is 0.0480 e. The SMILES string of the molecule is CCN(Cc1ccccc1)C(C)(CN)CCOC. The van der Waals surface area contributed by atoms with Crippen LogP contribution in [0.2, 0.25) is 0 Å². The van der Waals surface area contributed by atoms with Crippen molar-refractivity contribution in [2.45, 2.75) is 32.4 Å². The first-order chi connectivity index (χ1) is 8.66. The lowest BCUT2D eigenvalue weighted by Gasteiger charge is -2.40. The van der Waals surface area contributed by atoms with E-state index in [0.29, 0.717) is 6.54 Å². The molecule has 1 atom stereocenters. The lowest BCUT2D eigenvalue weighted by molar-refractivity contribution is 0.0665. The standard InChI is InChI=1S/C15H26N2O/c1-4-17(12-14-8-6-5-7-9-14)15(2,13-16)10-11-18-3/h5-9H,4,10-13,16H2,1-3H3. The van der Waals surface area contributed by atoms with Gasteiger partial charge in [0.05, 0.1) is 0 Å². The van der Waals surface area contributed by atoms with Crippen molar-refractivity contribution in [1.29, 1.82) is 0 Å². The molecule has 0 aliphatic heterocycles. The normalized spacial score (nSPS) is 14.7. The number of nitrogens with two attached hydrogens (primary N) is 1. The zero-order valence-corrected chi connectivity index (χ0v) is 11.9. The molecule has 0 aliphatic carbocycles. The molecule has 0 spiro atoms. The van der Waals surface area contributed by atoms with E-state index in [9.17, 15) is 0 Å². The van der Waals surface area contributed by atoms with Crippen molar-refractivity contribution >= 4 is 0 Å². The van der Waals surface area contributed by atoms with E-state index in [2.05, 4.69) is 43.0 Å². The Morgan fingerprint density at radius 3 is 2.44 bits per heavy atom. The Labute approximate surface area is 111 Å². The van der Waals surface area contributed by atoms with Crippen LogP contribution in [-0.4, -0.2) is 37.2 Å². The zero-order chi connectivity index (χ0) is 13.4. The second-order valence-electron chi connectivity index (χ2n) is 4.94. The smallest absolute Gasteiger partial charge is 0.0480 e. The summed E-state index contributed by atoms with van der Waals surface area (Å²) in [6.07, 6.45) is 0.959. The van der Waals surface area contributed by atoms with Crippen LogP contribution in [0, 0.1) is 0 Å². The van der Waals surface area contributed by atoms with Crippen molar-refractivity contribution in [3.8, 4) is 0 Å². The molecule has 3 nitrogen and oxygen atoms in total. The molecule has 1 aromatic carbocycles. The van der Waals surface area contributed by atoms with Crippen LogP contribution in [0.5, 0.6) is 0 Å². The Kier molecular flexibility index (Phi) is 6.33. The van der Waals surface area contributed by atoms with Crippen LogP contribution in [0.1, 0.15) is 25.8 Å². The number of hydrogen-bond donors (Lipinski definition) is 1. The minimum atomic E-state index is 0.000597. The van der Waals surface area contributed by atoms with Crippen LogP contribution < -0.4 is 5.73 Å². The molecule has 0 aliphatic rings. The Hall–Kier alpha value is -0.900. The summed E-state index contributed by atoms with van der Waals surface area (Å²) in [7, 11) is 1.74. The summed E-state index contributed by atoms with van der Waals surface area (Å²) >= 11 is 0. The third-order valence-electron chi connectivity index (χ3n) is 3.65. The number of nitrogens with zero attached hydrogens (tertiary/aromatic N) is 1. The summed E-state index contributed by atoms with van der Waals surface area (Å²) in [5, 5.41) is 0. The molecule has 0 saturated carbocycles. The maximum absolute atomic E-state index is 5.98. The lowest BCUT2D eigenvalue weighted by Crippen LogP contribution is -2.51. The van der Waals surface area contributed by atoms with Gasteiger partial charge in [0, 0.05) is 32.3 Å². The highest BCUT2D eigenvalue weighted by molar-refractivity contribution is 5.15. The molecule has 3 heteroatoms. The fourth-order valence-corrected chi connectivity index (χ4v) is 2.20. The molecule has 0 fully saturated rings. The van der Waals surface area contributed by atoms with Crippen molar-refractivity contribution in [3.05, 3.63) is 35.9 Å². The summed E-state index contributed by atoms with van der Waals surface area (Å²) in [6, 6.07) is 10.5. The Morgan fingerprint density at radius 2 is 1.94 bits per heavy atom. The van der Waals surface area contributed by atoms with E-state index in [1.54, 1.807) is 7.11 Å². The maximum atomic E-state index is 5.98. The molecule has 0 bridgehead atoms. The van der Waals surface area contributed by atoms with Crippen molar-refractivity contribution in [3.63, 3.8) is 0 Å². The molecule has 0 heterocycles. The van der Waals surface area contributed by atoms with Crippen molar-refractivity contribution in [1.82, 2.24) is 4.90 Å². The van der Waals surface area contributed by atoms with E-state index in [1.807, 2.05) is 6.07 Å². The van der Waals surface area contributed by atoms with Crippen molar-refractivity contribution < 1.29 is 4.74 Å². The molecule has 1 rings (SSSR count). The van der Waals surface area contributed by atoms with Gasteiger partial charge in [-0.25, -0.2) is 0 Å². The highest BCUT2D eigenvalue weighted by Crippen LogP contribution is 2.21. The van der Waals surface area contributed by atoms with Crippen LogP contribution in [0.25, 0.3) is 0 Å². The van der Waals surface area contributed by atoms with E-state index >= 15 is 0 Å². The lowest BCUT2D eigenvalue weighted by atomic mass is 9.95. The highest BCUT2D eigenvalue weighted by Gasteiger charge is 2.29. The molecule has 0 saturated heterocycles. The molecule has 0 amide bonds. The number of likely N-dealkylation sites (N-methyl/N-ethyl adjacent to an activating group) is 1. The second-order valence-corrected chi connectivity index (χ2v) is 4.94. The molecule has 102 valence electrons. The number of rotatable bonds is 8. The topological polar surface area (TPSA) is 38.5 Å². The van der Waals surface area contributed by atoms with E-state index in [4.69, 9.17) is 10.5 Å². The molecule has 2 N–H and O–H groups in total. The van der Waals surface area contributed by atoms with Gasteiger partial charge in [0.1, 0.15) is 0 Å². The van der Waals surface area contributed by atoms with E-state index in [0.717, 1.165) is 26.1 Å². The third kappa shape index (κ3) is 4.09. The van der Waals surface area contributed by atoms with Gasteiger partial charge in [0.25, 0.3) is 0 Å². The Balaban J connectivity index is 2.73. The van der Waals surface area contributed by atoms with Gasteiger partial charge in [0.2, 0.25) is 0 Å². The number of ether oxygens (including phenoxy) is 1. The molecular formula is C15H26N2O. The molecule has 1 unspecified atom stereocenters. The molecule has 1 aromatic rings. The van der Waals surface area contributed by atoms with Crippen LogP contribution in [0.15, 0.2) is 30.3 Å². The molecular weight excluding hydrogens is 224 g/mol. The first kappa shape index (κ1) is 15.2. The van der Waals surface area contributed by atoms with E-state index in [-0.39, 0.29) is 5.54 Å². The summed E-state index contributed by atoms with van der Waals surface area (Å²) in [6.45, 7) is 7.74. The first-order valence-electron chi connectivity index (χ1n) is 6.64. The largest absolute Gasteiger partial charge is 0.385 e. The molecule has 0 radical (unpaired) electrons. The van der Waals surface area contributed by atoms with Crippen molar-refractivity contribution in [2.24, 2.45) is 5.73 Å². The summed E-state index contributed by atoms with van der Waals surface area (Å²) in [5.74, 6) is 0. The fraction of sp³-hybridized carbons (Fsp3) is 0.600. The van der Waals surface area contributed by atoms with E-state index < -0.39 is 0 Å². The first-order valence-corrected chi connectivity index (χ1v) is 6.64. The number of benzene rings is 1. The fourth-order valence-electron chi connectivity index (χ4n) is 2.20. The van der Waals surface area contributed by atoms with Gasteiger partial charge in [0.15, 0.2) is 0 Å². The van der Waals surface area contributed by atoms with Gasteiger partial charge in [-0.2, -0.15) is 0 Å². The van der Waals surface area contributed by atoms with Gasteiger partial charge >= 0.3 is 0 Å². The average Bonchev–Trinajstić information content (AvgIpc) is 2.43. The van der Waals surface area contributed by atoms with Crippen LogP contribution in [-0.2, 0) is 11.3 Å². The van der Waals surface area contributed by atoms with Crippen LogP contribution in [0.3, 0.4) is 0 Å². The number of methoxy groups -OCH3 is 1. The summed E-state index contributed by atoms with van der Waals surface area (Å²) in [4.78, 5) is 2.43. The van der Waals surface area contributed by atoms with Gasteiger partial charge in [-0.1, -0.05) is 37.3 Å². The third-order valence-corrected chi connectivity index (χ3v) is 3.65. The average molecular weight is 250 g/mol. The van der Waals surface area contributed by atoms with Crippen LogP contribution >= 0.6 is 0 Å².